The van der Waals surface area contributed by atoms with E-state index < -0.39 is 0 Å². The van der Waals surface area contributed by atoms with Gasteiger partial charge in [-0.25, -0.2) is 15.0 Å². The molecule has 0 fully saturated rings. The maximum absolute atomic E-state index is 9.01. The lowest BCUT2D eigenvalue weighted by molar-refractivity contribution is 0.287. The van der Waals surface area contributed by atoms with E-state index in [1.807, 2.05) is 36.4 Å². The predicted octanol–water partition coefficient (Wildman–Crippen LogP) is 2.69. The van der Waals surface area contributed by atoms with E-state index in [-0.39, 0.29) is 6.61 Å². The van der Waals surface area contributed by atoms with Crippen LogP contribution in [-0.2, 0) is 6.42 Å². The molecule has 0 aliphatic rings. The molecule has 0 saturated carbocycles. The average molecular weight is 349 g/mol. The molecule has 26 heavy (non-hydrogen) atoms. The molecule has 0 aliphatic carbocycles. The number of nitrogen functional groups attached to an aromatic ring is 1. The predicted molar refractivity (Wildman–Crippen MR) is 101 cm³/mol. The number of pyridine rings is 2. The highest BCUT2D eigenvalue weighted by Gasteiger charge is 2.13. The van der Waals surface area contributed by atoms with Crippen molar-refractivity contribution < 1.29 is 9.84 Å². The summed E-state index contributed by atoms with van der Waals surface area (Å²) in [6, 6.07) is 11.6. The van der Waals surface area contributed by atoms with Crippen molar-refractivity contribution in [2.45, 2.75) is 12.8 Å². The molecular formula is C19H19N5O2. The van der Waals surface area contributed by atoms with Crippen LogP contribution in [0.4, 0.5) is 5.82 Å². The Morgan fingerprint density at radius 2 is 2.04 bits per heavy atom. The van der Waals surface area contributed by atoms with Crippen LogP contribution < -0.4 is 10.5 Å². The Kier molecular flexibility index (Phi) is 4.14. The van der Waals surface area contributed by atoms with Crippen LogP contribution in [0.1, 0.15) is 12.2 Å². The van der Waals surface area contributed by atoms with E-state index in [2.05, 4.69) is 19.9 Å². The lowest BCUT2D eigenvalue weighted by Crippen LogP contribution is -1.94. The van der Waals surface area contributed by atoms with Crippen LogP contribution >= 0.6 is 0 Å². The van der Waals surface area contributed by atoms with Gasteiger partial charge in [-0.15, -0.1) is 0 Å². The van der Waals surface area contributed by atoms with Gasteiger partial charge < -0.3 is 20.6 Å². The standard InChI is InChI=1S/C19H19N5O2/c1-26-16-6-2-4-13(21-16)11-7-8-12-14(10-11)22-19(20)18-17(12)23-15(24-18)5-3-9-25/h2,4,6-8,10,25H,3,5,9H2,1H3,(H2,20,22)(H,23,24). The number of anilines is 1. The van der Waals surface area contributed by atoms with Crippen molar-refractivity contribution in [3.8, 4) is 17.1 Å². The summed E-state index contributed by atoms with van der Waals surface area (Å²) in [7, 11) is 1.59. The lowest BCUT2D eigenvalue weighted by Gasteiger charge is -2.06. The molecule has 132 valence electrons. The first-order valence-electron chi connectivity index (χ1n) is 8.39. The second kappa shape index (κ2) is 6.61. The number of aromatic amines is 1. The zero-order chi connectivity index (χ0) is 18.1. The van der Waals surface area contributed by atoms with Crippen molar-refractivity contribution in [1.82, 2.24) is 19.9 Å². The maximum Gasteiger partial charge on any atom is 0.213 e. The summed E-state index contributed by atoms with van der Waals surface area (Å²) in [6.07, 6.45) is 1.31. The quantitative estimate of drug-likeness (QED) is 0.511. The second-order valence-electron chi connectivity index (χ2n) is 6.03. The van der Waals surface area contributed by atoms with Crippen LogP contribution in [0.25, 0.3) is 33.2 Å². The number of nitrogens with one attached hydrogen (secondary N) is 1. The minimum Gasteiger partial charge on any atom is -0.481 e. The third kappa shape index (κ3) is 2.82. The molecule has 0 atom stereocenters. The fraction of sp³-hybridized carbons (Fsp3) is 0.211. The molecule has 7 heteroatoms. The number of fused-ring (bicyclic) bond motifs is 3. The number of nitrogens with zero attached hydrogens (tertiary/aromatic N) is 3. The van der Waals surface area contributed by atoms with Crippen molar-refractivity contribution in [2.75, 3.05) is 19.5 Å². The summed E-state index contributed by atoms with van der Waals surface area (Å²) >= 11 is 0. The van der Waals surface area contributed by atoms with Gasteiger partial charge in [0.25, 0.3) is 0 Å². The molecule has 0 unspecified atom stereocenters. The molecule has 1 aromatic carbocycles. The number of methoxy groups -OCH3 is 1. The van der Waals surface area contributed by atoms with Gasteiger partial charge in [0.1, 0.15) is 22.7 Å². The number of aromatic nitrogens is 4. The van der Waals surface area contributed by atoms with Gasteiger partial charge >= 0.3 is 0 Å². The Hall–Kier alpha value is -3.19. The van der Waals surface area contributed by atoms with Gasteiger partial charge in [0.2, 0.25) is 5.88 Å². The number of aryl methyl sites for hydroxylation is 1. The van der Waals surface area contributed by atoms with Gasteiger partial charge in [0.15, 0.2) is 0 Å². The minimum atomic E-state index is 0.127. The molecular weight excluding hydrogens is 330 g/mol. The fourth-order valence-electron chi connectivity index (χ4n) is 3.03. The zero-order valence-electron chi connectivity index (χ0n) is 14.4. The van der Waals surface area contributed by atoms with Crippen molar-refractivity contribution >= 4 is 27.8 Å². The minimum absolute atomic E-state index is 0.127. The highest BCUT2D eigenvalue weighted by atomic mass is 16.5. The number of nitrogens with two attached hydrogens (primary N) is 1. The summed E-state index contributed by atoms with van der Waals surface area (Å²) in [5.41, 5.74) is 10.2. The van der Waals surface area contributed by atoms with Gasteiger partial charge in [-0.2, -0.15) is 0 Å². The number of ether oxygens (including phenoxy) is 1. The number of imidazole rings is 1. The molecule has 3 aromatic heterocycles. The Morgan fingerprint density at radius 3 is 2.85 bits per heavy atom. The fourth-order valence-corrected chi connectivity index (χ4v) is 3.03. The van der Waals surface area contributed by atoms with Crippen molar-refractivity contribution in [2.24, 2.45) is 0 Å². The third-order valence-corrected chi connectivity index (χ3v) is 4.30. The molecule has 0 radical (unpaired) electrons. The Labute approximate surface area is 149 Å². The highest BCUT2D eigenvalue weighted by Crippen LogP contribution is 2.30. The largest absolute Gasteiger partial charge is 0.481 e. The van der Waals surface area contributed by atoms with E-state index in [0.29, 0.717) is 24.5 Å². The first-order valence-corrected chi connectivity index (χ1v) is 8.39. The Morgan fingerprint density at radius 1 is 1.15 bits per heavy atom. The normalized spacial score (nSPS) is 11.3. The number of hydrogen-bond acceptors (Lipinski definition) is 6. The van der Waals surface area contributed by atoms with Crippen LogP contribution in [0, 0.1) is 0 Å². The van der Waals surface area contributed by atoms with Crippen molar-refractivity contribution in [3.05, 3.63) is 42.2 Å². The third-order valence-electron chi connectivity index (χ3n) is 4.30. The van der Waals surface area contributed by atoms with Gasteiger partial charge in [-0.05, 0) is 24.6 Å². The number of aliphatic hydroxyl groups is 1. The topological polar surface area (TPSA) is 110 Å². The maximum atomic E-state index is 9.01. The monoisotopic (exact) mass is 349 g/mol. The molecule has 0 aliphatic heterocycles. The van der Waals surface area contributed by atoms with E-state index in [1.54, 1.807) is 7.11 Å². The summed E-state index contributed by atoms with van der Waals surface area (Å²) in [6.45, 7) is 0.127. The first kappa shape index (κ1) is 16.3. The van der Waals surface area contributed by atoms with E-state index in [9.17, 15) is 0 Å². The van der Waals surface area contributed by atoms with Crippen LogP contribution in [-0.4, -0.2) is 38.8 Å². The van der Waals surface area contributed by atoms with Crippen LogP contribution in [0.3, 0.4) is 0 Å². The summed E-state index contributed by atoms with van der Waals surface area (Å²) in [4.78, 5) is 16.8. The van der Waals surface area contributed by atoms with E-state index in [1.165, 1.54) is 0 Å². The molecule has 0 bridgehead atoms. The first-order chi connectivity index (χ1) is 12.7. The molecule has 3 heterocycles. The van der Waals surface area contributed by atoms with Crippen LogP contribution in [0.5, 0.6) is 5.88 Å². The van der Waals surface area contributed by atoms with Crippen LogP contribution in [0.2, 0.25) is 0 Å². The number of hydrogen-bond donors (Lipinski definition) is 3. The van der Waals surface area contributed by atoms with Crippen molar-refractivity contribution in [3.63, 3.8) is 0 Å². The Bertz CT molecular complexity index is 1090. The smallest absolute Gasteiger partial charge is 0.213 e. The van der Waals surface area contributed by atoms with E-state index >= 15 is 0 Å². The van der Waals surface area contributed by atoms with Gasteiger partial charge in [-0.1, -0.05) is 12.1 Å². The lowest BCUT2D eigenvalue weighted by atomic mass is 10.1. The summed E-state index contributed by atoms with van der Waals surface area (Å²) in [5.74, 6) is 1.77. The average Bonchev–Trinajstić information content (AvgIpc) is 3.11. The molecule has 0 amide bonds. The number of rotatable bonds is 5. The van der Waals surface area contributed by atoms with Gasteiger partial charge in [0.05, 0.1) is 18.3 Å². The SMILES string of the molecule is COc1cccc(-c2ccc3c(c2)nc(N)c2[nH]c(CCCO)nc23)n1. The summed E-state index contributed by atoms with van der Waals surface area (Å²) < 4.78 is 5.20. The van der Waals surface area contributed by atoms with Gasteiger partial charge in [-0.3, -0.25) is 0 Å². The van der Waals surface area contributed by atoms with Crippen molar-refractivity contribution in [1.29, 1.82) is 0 Å². The molecule has 4 aromatic rings. The molecule has 0 spiro atoms. The molecule has 4 N–H and O–H groups in total. The van der Waals surface area contributed by atoms with Crippen LogP contribution in [0.15, 0.2) is 36.4 Å². The second-order valence-corrected chi connectivity index (χ2v) is 6.03. The molecule has 4 rings (SSSR count). The number of H-pyrrole nitrogens is 1. The number of aliphatic hydroxyl groups excluding tert-OH is 1. The zero-order valence-corrected chi connectivity index (χ0v) is 14.4. The highest BCUT2D eigenvalue weighted by molar-refractivity contribution is 6.07. The summed E-state index contributed by atoms with van der Waals surface area (Å²) in [5, 5.41) is 9.93. The molecule has 0 saturated heterocycles. The van der Waals surface area contributed by atoms with Gasteiger partial charge in [0, 0.05) is 30.0 Å². The van der Waals surface area contributed by atoms with E-state index in [4.69, 9.17) is 15.6 Å². The number of benzene rings is 1. The molecule has 7 nitrogen and oxygen atoms in total. The van der Waals surface area contributed by atoms with E-state index in [0.717, 1.165) is 39.0 Å². The Balaban J connectivity index is 1.84.